The molecule has 0 bridgehead atoms. The number of carbonyl (C=O) groups excluding carboxylic acids is 1. The van der Waals surface area contributed by atoms with Gasteiger partial charge in [-0.15, -0.1) is 0 Å². The van der Waals surface area contributed by atoms with Crippen molar-refractivity contribution in [1.29, 1.82) is 0 Å². The highest BCUT2D eigenvalue weighted by Crippen LogP contribution is 2.25. The Morgan fingerprint density at radius 2 is 2.28 bits per heavy atom. The summed E-state index contributed by atoms with van der Waals surface area (Å²) >= 11 is 0. The maximum atomic E-state index is 11.5. The maximum absolute atomic E-state index is 11.5. The van der Waals surface area contributed by atoms with Crippen molar-refractivity contribution < 1.29 is 14.6 Å². The van der Waals surface area contributed by atoms with Gasteiger partial charge in [0, 0.05) is 13.0 Å². The number of ether oxygens (including phenoxy) is 1. The van der Waals surface area contributed by atoms with Crippen molar-refractivity contribution in [2.75, 3.05) is 13.2 Å². The number of benzene rings is 1. The minimum Gasteiger partial charge on any atom is -0.493 e. The maximum Gasteiger partial charge on any atom is 0.251 e. The summed E-state index contributed by atoms with van der Waals surface area (Å²) in [5, 5.41) is 12.2. The molecule has 0 spiro atoms. The number of aliphatic hydroxyl groups is 1. The van der Waals surface area contributed by atoms with E-state index in [1.54, 1.807) is 0 Å². The summed E-state index contributed by atoms with van der Waals surface area (Å²) in [4.78, 5) is 11.5. The van der Waals surface area contributed by atoms with E-state index in [9.17, 15) is 9.90 Å². The molecule has 1 aromatic carbocycles. The number of rotatable bonds is 4. The Morgan fingerprint density at radius 1 is 1.50 bits per heavy atom. The van der Waals surface area contributed by atoms with Crippen LogP contribution in [-0.2, 0) is 17.6 Å². The predicted octanol–water partition coefficient (Wildman–Crippen LogP) is 1.05. The highest BCUT2D eigenvalue weighted by molar-refractivity contribution is 5.83. The fraction of sp³-hybridized carbons (Fsp3) is 0.500. The van der Waals surface area contributed by atoms with Gasteiger partial charge in [0.1, 0.15) is 11.4 Å². The van der Waals surface area contributed by atoms with Crippen LogP contribution in [-0.4, -0.2) is 29.8 Å². The van der Waals surface area contributed by atoms with Crippen LogP contribution in [0.3, 0.4) is 0 Å². The first-order valence-corrected chi connectivity index (χ1v) is 6.22. The van der Waals surface area contributed by atoms with Gasteiger partial charge < -0.3 is 15.2 Å². The molecule has 0 radical (unpaired) electrons. The molecule has 1 heterocycles. The van der Waals surface area contributed by atoms with Crippen LogP contribution in [0, 0.1) is 0 Å². The van der Waals surface area contributed by atoms with Crippen LogP contribution < -0.4 is 10.1 Å². The van der Waals surface area contributed by atoms with E-state index in [-0.39, 0.29) is 5.91 Å². The molecule has 1 aromatic rings. The van der Waals surface area contributed by atoms with Crippen LogP contribution in [0.25, 0.3) is 0 Å². The summed E-state index contributed by atoms with van der Waals surface area (Å²) in [7, 11) is 0. The van der Waals surface area contributed by atoms with Gasteiger partial charge in [-0.25, -0.2) is 0 Å². The van der Waals surface area contributed by atoms with Crippen molar-refractivity contribution in [3.8, 4) is 5.75 Å². The first-order chi connectivity index (χ1) is 8.47. The summed E-state index contributed by atoms with van der Waals surface area (Å²) in [6.45, 7) is 4.25. The molecule has 0 aromatic heterocycles. The molecule has 0 saturated heterocycles. The lowest BCUT2D eigenvalue weighted by Crippen LogP contribution is -2.42. The molecule has 1 amide bonds. The molecule has 2 N–H and O–H groups in total. The molecule has 2 rings (SSSR count). The van der Waals surface area contributed by atoms with E-state index in [2.05, 4.69) is 11.4 Å². The Hall–Kier alpha value is -1.55. The van der Waals surface area contributed by atoms with Crippen molar-refractivity contribution in [2.45, 2.75) is 32.3 Å². The van der Waals surface area contributed by atoms with Crippen LogP contribution in [0.2, 0.25) is 0 Å². The van der Waals surface area contributed by atoms with E-state index in [1.165, 1.54) is 25.0 Å². The lowest BCUT2D eigenvalue weighted by atomic mass is 10.1. The molecule has 1 aliphatic heterocycles. The van der Waals surface area contributed by atoms with Crippen molar-refractivity contribution in [2.24, 2.45) is 0 Å². The standard InChI is InChI=1S/C14H19NO3/c1-14(2,17)13(16)15-7-5-10-3-4-12-11(9-10)6-8-18-12/h3-4,9,17H,5-8H2,1-2H3,(H,15,16). The van der Waals surface area contributed by atoms with Gasteiger partial charge in [-0.3, -0.25) is 4.79 Å². The zero-order valence-electron chi connectivity index (χ0n) is 10.8. The highest BCUT2D eigenvalue weighted by Gasteiger charge is 2.22. The first kappa shape index (κ1) is 12.9. The smallest absolute Gasteiger partial charge is 0.251 e. The quantitative estimate of drug-likeness (QED) is 0.838. The molecular weight excluding hydrogens is 230 g/mol. The van der Waals surface area contributed by atoms with Gasteiger partial charge in [-0.05, 0) is 37.5 Å². The number of amides is 1. The fourth-order valence-corrected chi connectivity index (χ4v) is 1.93. The van der Waals surface area contributed by atoms with E-state index < -0.39 is 5.60 Å². The van der Waals surface area contributed by atoms with E-state index in [4.69, 9.17) is 4.74 Å². The number of carbonyl (C=O) groups is 1. The third kappa shape index (κ3) is 3.01. The Kier molecular flexibility index (Phi) is 3.57. The SMILES string of the molecule is CC(C)(O)C(=O)NCCc1ccc2c(c1)CCO2. The highest BCUT2D eigenvalue weighted by atomic mass is 16.5. The predicted molar refractivity (Wildman–Crippen MR) is 68.7 cm³/mol. The number of hydrogen-bond donors (Lipinski definition) is 2. The first-order valence-electron chi connectivity index (χ1n) is 6.22. The third-order valence-electron chi connectivity index (χ3n) is 3.01. The van der Waals surface area contributed by atoms with Gasteiger partial charge in [-0.2, -0.15) is 0 Å². The Morgan fingerprint density at radius 3 is 3.00 bits per heavy atom. The van der Waals surface area contributed by atoms with Gasteiger partial charge in [0.05, 0.1) is 6.61 Å². The van der Waals surface area contributed by atoms with E-state index in [0.717, 1.165) is 25.2 Å². The molecule has 0 unspecified atom stereocenters. The zero-order chi connectivity index (χ0) is 13.2. The summed E-state index contributed by atoms with van der Waals surface area (Å²) in [6.07, 6.45) is 1.72. The molecule has 98 valence electrons. The molecule has 0 atom stereocenters. The van der Waals surface area contributed by atoms with Crippen LogP contribution in [0.1, 0.15) is 25.0 Å². The minimum absolute atomic E-state index is 0.341. The average molecular weight is 249 g/mol. The van der Waals surface area contributed by atoms with Crippen molar-refractivity contribution in [1.82, 2.24) is 5.32 Å². The van der Waals surface area contributed by atoms with E-state index in [0.29, 0.717) is 6.54 Å². The Bertz CT molecular complexity index is 449. The van der Waals surface area contributed by atoms with E-state index >= 15 is 0 Å². The molecule has 0 saturated carbocycles. The second-order valence-electron chi connectivity index (χ2n) is 5.11. The monoisotopic (exact) mass is 249 g/mol. The second kappa shape index (κ2) is 4.98. The summed E-state index contributed by atoms with van der Waals surface area (Å²) < 4.78 is 5.44. The van der Waals surface area contributed by atoms with Crippen LogP contribution in [0.5, 0.6) is 5.75 Å². The topological polar surface area (TPSA) is 58.6 Å². The third-order valence-corrected chi connectivity index (χ3v) is 3.01. The molecular formula is C14H19NO3. The summed E-state index contributed by atoms with van der Waals surface area (Å²) in [6, 6.07) is 6.12. The van der Waals surface area contributed by atoms with Gasteiger partial charge in [0.2, 0.25) is 0 Å². The molecule has 0 aliphatic carbocycles. The molecule has 4 heteroatoms. The fourth-order valence-electron chi connectivity index (χ4n) is 1.93. The summed E-state index contributed by atoms with van der Waals surface area (Å²) in [5.74, 6) is 0.631. The van der Waals surface area contributed by atoms with Gasteiger partial charge in [0.25, 0.3) is 5.91 Å². The Balaban J connectivity index is 1.86. The van der Waals surface area contributed by atoms with Crippen molar-refractivity contribution in [3.63, 3.8) is 0 Å². The molecule has 0 fully saturated rings. The van der Waals surface area contributed by atoms with Crippen LogP contribution in [0.15, 0.2) is 18.2 Å². The largest absolute Gasteiger partial charge is 0.493 e. The van der Waals surface area contributed by atoms with Gasteiger partial charge in [-0.1, -0.05) is 12.1 Å². The second-order valence-corrected chi connectivity index (χ2v) is 5.11. The molecule has 4 nitrogen and oxygen atoms in total. The summed E-state index contributed by atoms with van der Waals surface area (Å²) in [5.41, 5.74) is 1.10. The average Bonchev–Trinajstić information content (AvgIpc) is 2.74. The van der Waals surface area contributed by atoms with Crippen molar-refractivity contribution in [3.05, 3.63) is 29.3 Å². The number of nitrogens with one attached hydrogen (secondary N) is 1. The number of hydrogen-bond acceptors (Lipinski definition) is 3. The zero-order valence-corrected chi connectivity index (χ0v) is 10.8. The lowest BCUT2D eigenvalue weighted by molar-refractivity contribution is -0.136. The minimum atomic E-state index is -1.31. The van der Waals surface area contributed by atoms with Gasteiger partial charge >= 0.3 is 0 Å². The Labute approximate surface area is 107 Å². The lowest BCUT2D eigenvalue weighted by Gasteiger charge is -2.16. The van der Waals surface area contributed by atoms with Gasteiger partial charge in [0.15, 0.2) is 0 Å². The van der Waals surface area contributed by atoms with Crippen LogP contribution >= 0.6 is 0 Å². The molecule has 18 heavy (non-hydrogen) atoms. The number of fused-ring (bicyclic) bond motifs is 1. The molecule has 1 aliphatic rings. The van der Waals surface area contributed by atoms with Crippen LogP contribution in [0.4, 0.5) is 0 Å². The van der Waals surface area contributed by atoms with Crippen molar-refractivity contribution >= 4 is 5.91 Å². The van der Waals surface area contributed by atoms with E-state index in [1.807, 2.05) is 12.1 Å². The normalized spacial score (nSPS) is 13.9.